The van der Waals surface area contributed by atoms with E-state index in [0.29, 0.717) is 26.4 Å². The molecule has 0 saturated carbocycles. The van der Waals surface area contributed by atoms with Gasteiger partial charge in [0.25, 0.3) is 0 Å². The van der Waals surface area contributed by atoms with E-state index >= 15 is 0 Å². The summed E-state index contributed by atoms with van der Waals surface area (Å²) in [6.07, 6.45) is 31.2. The van der Waals surface area contributed by atoms with Gasteiger partial charge in [0, 0.05) is 26.2 Å². The van der Waals surface area contributed by atoms with Crippen molar-refractivity contribution in [1.29, 1.82) is 0 Å². The molecule has 0 aromatic rings. The van der Waals surface area contributed by atoms with Crippen LogP contribution in [0.4, 0.5) is 0 Å². The van der Waals surface area contributed by atoms with Gasteiger partial charge in [-0.1, -0.05) is 155 Å². The lowest BCUT2D eigenvalue weighted by Gasteiger charge is -2.20. The van der Waals surface area contributed by atoms with Gasteiger partial charge in [-0.25, -0.2) is 0 Å². The maximum absolute atomic E-state index is 12.3. The third-order valence-electron chi connectivity index (χ3n) is 8.31. The topological polar surface area (TPSA) is 111 Å². The van der Waals surface area contributed by atoms with Crippen LogP contribution in [0.2, 0.25) is 0 Å². The zero-order chi connectivity index (χ0) is 31.6. The lowest BCUT2D eigenvalue weighted by Crippen LogP contribution is -2.45. The molecule has 264 valence electrons. The molecular weight excluding hydrogens is 576 g/mol. The lowest BCUT2D eigenvalue weighted by molar-refractivity contribution is -0.137. The fraction of sp³-hybridized carbons (Fsp3) is 0.944. The van der Waals surface area contributed by atoms with E-state index in [-0.39, 0.29) is 37.3 Å². The monoisotopic (exact) mass is 649 g/mol. The minimum absolute atomic E-state index is 0. The van der Waals surface area contributed by atoms with E-state index in [1.807, 2.05) is 0 Å². The van der Waals surface area contributed by atoms with Crippen LogP contribution in [-0.4, -0.2) is 55.5 Å². The molecule has 0 aliphatic rings. The number of unbranched alkanes of at least 4 members (excludes halogenated alkanes) is 22. The Morgan fingerprint density at radius 2 is 1.02 bits per heavy atom. The van der Waals surface area contributed by atoms with Gasteiger partial charge in [0.05, 0.1) is 18.8 Å². The van der Waals surface area contributed by atoms with Crippen LogP contribution in [0.1, 0.15) is 181 Å². The van der Waals surface area contributed by atoms with Crippen molar-refractivity contribution in [1.82, 2.24) is 5.32 Å². The summed E-state index contributed by atoms with van der Waals surface area (Å²) in [5.41, 5.74) is 5.86. The highest BCUT2D eigenvalue weighted by molar-refractivity contribution is 5.85. The maximum Gasteiger partial charge on any atom is 0.303 e. The Morgan fingerprint density at radius 3 is 1.43 bits per heavy atom. The van der Waals surface area contributed by atoms with Crippen molar-refractivity contribution >= 4 is 24.3 Å². The molecule has 0 fully saturated rings. The molecule has 0 radical (unpaired) electrons. The third-order valence-corrected chi connectivity index (χ3v) is 8.31. The number of carboxylic acid groups (broad SMARTS) is 1. The predicted octanol–water partition coefficient (Wildman–Crippen LogP) is 9.52. The first-order valence-electron chi connectivity index (χ1n) is 18.5. The van der Waals surface area contributed by atoms with Crippen LogP contribution in [0.3, 0.4) is 0 Å². The van der Waals surface area contributed by atoms with Crippen LogP contribution in [0.25, 0.3) is 0 Å². The number of aliphatic carboxylic acids is 1. The molecule has 0 spiro atoms. The summed E-state index contributed by atoms with van der Waals surface area (Å²) in [6.45, 7) is 6.68. The Kier molecular flexibility index (Phi) is 37.6. The Morgan fingerprint density at radius 1 is 0.636 bits per heavy atom. The van der Waals surface area contributed by atoms with Crippen molar-refractivity contribution in [3.05, 3.63) is 0 Å². The van der Waals surface area contributed by atoms with Gasteiger partial charge in [-0.15, -0.1) is 12.4 Å². The minimum atomic E-state index is -0.946. The number of carbonyl (C=O) groups is 2. The molecule has 44 heavy (non-hydrogen) atoms. The molecule has 2 atom stereocenters. The van der Waals surface area contributed by atoms with Gasteiger partial charge in [-0.05, 0) is 19.3 Å². The zero-order valence-electron chi connectivity index (χ0n) is 28.9. The highest BCUT2D eigenvalue weighted by atomic mass is 35.5. The molecule has 0 rings (SSSR count). The van der Waals surface area contributed by atoms with Gasteiger partial charge in [-0.2, -0.15) is 0 Å². The van der Waals surface area contributed by atoms with Crippen molar-refractivity contribution in [2.45, 2.75) is 193 Å². The Balaban J connectivity index is 0. The first-order valence-corrected chi connectivity index (χ1v) is 18.5. The third kappa shape index (κ3) is 34.0. The molecule has 8 heteroatoms. The van der Waals surface area contributed by atoms with Gasteiger partial charge in [0.2, 0.25) is 5.91 Å². The number of carboxylic acids is 1. The first kappa shape index (κ1) is 45.2. The largest absolute Gasteiger partial charge is 0.481 e. The van der Waals surface area contributed by atoms with E-state index in [1.165, 1.54) is 135 Å². The second-order valence-corrected chi connectivity index (χ2v) is 12.6. The molecule has 0 saturated heterocycles. The van der Waals surface area contributed by atoms with Crippen molar-refractivity contribution in [3.63, 3.8) is 0 Å². The van der Waals surface area contributed by atoms with Crippen molar-refractivity contribution in [2.75, 3.05) is 26.4 Å². The number of ether oxygens (including phenoxy) is 2. The van der Waals surface area contributed by atoms with Crippen molar-refractivity contribution < 1.29 is 24.2 Å². The average molecular weight is 649 g/mol. The van der Waals surface area contributed by atoms with Crippen LogP contribution in [0, 0.1) is 0 Å². The summed E-state index contributed by atoms with van der Waals surface area (Å²) >= 11 is 0. The number of amides is 1. The summed E-state index contributed by atoms with van der Waals surface area (Å²) in [6, 6.07) is -0.824. The minimum Gasteiger partial charge on any atom is -0.481 e. The average Bonchev–Trinajstić information content (AvgIpc) is 3.00. The van der Waals surface area contributed by atoms with Crippen LogP contribution >= 0.6 is 12.4 Å². The summed E-state index contributed by atoms with van der Waals surface area (Å²) < 4.78 is 12.0. The molecule has 4 N–H and O–H groups in total. The van der Waals surface area contributed by atoms with E-state index in [4.69, 9.17) is 20.3 Å². The molecule has 0 aliphatic heterocycles. The maximum atomic E-state index is 12.3. The van der Waals surface area contributed by atoms with E-state index in [2.05, 4.69) is 19.2 Å². The van der Waals surface area contributed by atoms with E-state index in [1.54, 1.807) is 0 Å². The van der Waals surface area contributed by atoms with E-state index in [9.17, 15) is 9.59 Å². The number of hydrogen-bond acceptors (Lipinski definition) is 5. The number of nitrogens with two attached hydrogens (primary N) is 1. The molecule has 1 amide bonds. The molecule has 0 aromatic carbocycles. The smallest absolute Gasteiger partial charge is 0.303 e. The fourth-order valence-electron chi connectivity index (χ4n) is 5.37. The summed E-state index contributed by atoms with van der Waals surface area (Å²) in [5.74, 6) is -1.28. The first-order chi connectivity index (χ1) is 21.0. The number of carbonyl (C=O) groups excluding carboxylic acids is 1. The molecule has 0 heterocycles. The number of nitrogens with one attached hydrogen (secondary N) is 1. The molecule has 7 nitrogen and oxygen atoms in total. The molecule has 0 bridgehead atoms. The second-order valence-electron chi connectivity index (χ2n) is 12.6. The van der Waals surface area contributed by atoms with Crippen molar-refractivity contribution in [3.8, 4) is 0 Å². The van der Waals surface area contributed by atoms with Gasteiger partial charge in [0.15, 0.2) is 0 Å². The molecule has 1 unspecified atom stereocenters. The Bertz CT molecular complexity index is 611. The fourth-order valence-corrected chi connectivity index (χ4v) is 5.37. The van der Waals surface area contributed by atoms with Crippen LogP contribution in [-0.2, 0) is 19.1 Å². The van der Waals surface area contributed by atoms with Crippen LogP contribution in [0.15, 0.2) is 0 Å². The van der Waals surface area contributed by atoms with Crippen LogP contribution in [0.5, 0.6) is 0 Å². The quantitative estimate of drug-likeness (QED) is 0.0590. The lowest BCUT2D eigenvalue weighted by atomic mass is 10.1. The Labute approximate surface area is 278 Å². The van der Waals surface area contributed by atoms with E-state index < -0.39 is 12.0 Å². The van der Waals surface area contributed by atoms with Gasteiger partial charge in [0.1, 0.15) is 0 Å². The highest BCUT2D eigenvalue weighted by Gasteiger charge is 2.17. The molecule has 0 aromatic heterocycles. The normalized spacial score (nSPS) is 12.5. The zero-order valence-corrected chi connectivity index (χ0v) is 29.8. The summed E-state index contributed by atoms with van der Waals surface area (Å²) in [5, 5.41) is 11.7. The number of hydrogen-bond donors (Lipinski definition) is 3. The number of rotatable bonds is 35. The standard InChI is InChI=1S/C36H72N2O5.ClH/c1-3-5-7-9-11-13-15-17-19-21-23-25-29-42-32-33(31-38-36(41)34(37)27-28-35(39)40)43-30-26-24-22-20-18-16-14-12-10-8-6-4-2;/h33-34H,3-32,37H2,1-2H3,(H,38,41)(H,39,40);1H/t33?,34-;/m0./s1. The predicted molar refractivity (Wildman–Crippen MR) is 188 cm³/mol. The number of halogens is 1. The molecular formula is C36H73ClN2O5. The Hall–Kier alpha value is -0.890. The van der Waals surface area contributed by atoms with Crippen LogP contribution < -0.4 is 11.1 Å². The summed E-state index contributed by atoms with van der Waals surface area (Å²) in [7, 11) is 0. The summed E-state index contributed by atoms with van der Waals surface area (Å²) in [4.78, 5) is 23.1. The molecule has 0 aliphatic carbocycles. The van der Waals surface area contributed by atoms with Gasteiger partial charge >= 0.3 is 5.97 Å². The highest BCUT2D eigenvalue weighted by Crippen LogP contribution is 2.13. The van der Waals surface area contributed by atoms with E-state index in [0.717, 1.165) is 19.3 Å². The SMILES string of the molecule is CCCCCCCCCCCCCCOCC(CNC(=O)[C@@H](N)CCC(=O)O)OCCCCCCCCCCCCCC.Cl. The van der Waals surface area contributed by atoms with Gasteiger partial charge in [-0.3, -0.25) is 9.59 Å². The van der Waals surface area contributed by atoms with Gasteiger partial charge < -0.3 is 25.6 Å². The second kappa shape index (κ2) is 36.6. The van der Waals surface area contributed by atoms with Crippen molar-refractivity contribution in [2.24, 2.45) is 5.73 Å².